The predicted molar refractivity (Wildman–Crippen MR) is 42.5 cm³/mol. The third kappa shape index (κ3) is 4.42. The van der Waals surface area contributed by atoms with E-state index < -0.39 is 5.97 Å². The van der Waals surface area contributed by atoms with Gasteiger partial charge in [-0.3, -0.25) is 0 Å². The minimum atomic E-state index is -1.02. The Morgan fingerprint density at radius 2 is 2.09 bits per heavy atom. The summed E-state index contributed by atoms with van der Waals surface area (Å²) in [6, 6.07) is 0. The SMILES string of the molecule is CCCCCC(=CO)C(=O)O. The highest BCUT2D eigenvalue weighted by Crippen LogP contribution is 2.07. The average Bonchev–Trinajstić information content (AvgIpc) is 1.97. The van der Waals surface area contributed by atoms with E-state index >= 15 is 0 Å². The van der Waals surface area contributed by atoms with Crippen molar-refractivity contribution in [2.75, 3.05) is 0 Å². The Labute approximate surface area is 66.4 Å². The van der Waals surface area contributed by atoms with Crippen LogP contribution in [0.3, 0.4) is 0 Å². The van der Waals surface area contributed by atoms with Gasteiger partial charge in [-0.1, -0.05) is 19.8 Å². The monoisotopic (exact) mass is 158 g/mol. The lowest BCUT2D eigenvalue weighted by Crippen LogP contribution is -2.00. The third-order valence-electron chi connectivity index (χ3n) is 1.48. The van der Waals surface area contributed by atoms with E-state index in [4.69, 9.17) is 10.2 Å². The van der Waals surface area contributed by atoms with E-state index in [9.17, 15) is 4.79 Å². The van der Waals surface area contributed by atoms with Crippen molar-refractivity contribution in [1.82, 2.24) is 0 Å². The zero-order valence-corrected chi connectivity index (χ0v) is 6.71. The van der Waals surface area contributed by atoms with Crippen LogP contribution in [-0.2, 0) is 4.79 Å². The van der Waals surface area contributed by atoms with E-state index in [0.717, 1.165) is 19.3 Å². The van der Waals surface area contributed by atoms with Crippen LogP contribution in [0.15, 0.2) is 11.8 Å². The molecule has 0 aliphatic heterocycles. The van der Waals surface area contributed by atoms with E-state index in [0.29, 0.717) is 12.7 Å². The number of aliphatic hydroxyl groups excluding tert-OH is 1. The number of hydrogen-bond acceptors (Lipinski definition) is 2. The van der Waals surface area contributed by atoms with Crippen molar-refractivity contribution in [3.8, 4) is 0 Å². The molecule has 0 aliphatic carbocycles. The summed E-state index contributed by atoms with van der Waals surface area (Å²) in [5.74, 6) is -1.02. The largest absolute Gasteiger partial charge is 0.515 e. The molecule has 0 aliphatic rings. The minimum Gasteiger partial charge on any atom is -0.515 e. The highest BCUT2D eigenvalue weighted by atomic mass is 16.4. The van der Waals surface area contributed by atoms with E-state index in [1.165, 1.54) is 0 Å². The second-order valence-corrected chi connectivity index (χ2v) is 2.42. The second kappa shape index (κ2) is 5.77. The Balaban J connectivity index is 3.63. The number of hydrogen-bond donors (Lipinski definition) is 2. The molecule has 0 bridgehead atoms. The van der Waals surface area contributed by atoms with Gasteiger partial charge in [-0.2, -0.15) is 0 Å². The molecule has 0 fully saturated rings. The molecule has 64 valence electrons. The van der Waals surface area contributed by atoms with Crippen molar-refractivity contribution in [3.63, 3.8) is 0 Å². The lowest BCUT2D eigenvalue weighted by atomic mass is 10.1. The molecular formula is C8H14O3. The quantitative estimate of drug-likeness (QED) is 0.366. The Kier molecular flexibility index (Phi) is 5.25. The molecule has 0 spiro atoms. The fourth-order valence-corrected chi connectivity index (χ4v) is 0.792. The van der Waals surface area contributed by atoms with Gasteiger partial charge >= 0.3 is 5.97 Å². The lowest BCUT2D eigenvalue weighted by Gasteiger charge is -1.98. The molecule has 0 heterocycles. The maximum Gasteiger partial charge on any atom is 0.334 e. The molecule has 0 amide bonds. The van der Waals surface area contributed by atoms with Crippen molar-refractivity contribution in [2.24, 2.45) is 0 Å². The highest BCUT2D eigenvalue weighted by molar-refractivity contribution is 5.86. The van der Waals surface area contributed by atoms with Crippen LogP contribution in [0.2, 0.25) is 0 Å². The number of rotatable bonds is 5. The van der Waals surface area contributed by atoms with E-state index in [-0.39, 0.29) is 5.57 Å². The summed E-state index contributed by atoms with van der Waals surface area (Å²) in [5.41, 5.74) is 0.0958. The van der Waals surface area contributed by atoms with Crippen LogP contribution in [0.1, 0.15) is 32.6 Å². The van der Waals surface area contributed by atoms with Gasteiger partial charge in [0.25, 0.3) is 0 Å². The van der Waals surface area contributed by atoms with Crippen LogP contribution in [0.5, 0.6) is 0 Å². The number of carboxylic acids is 1. The first-order valence-corrected chi connectivity index (χ1v) is 3.79. The fourth-order valence-electron chi connectivity index (χ4n) is 0.792. The summed E-state index contributed by atoms with van der Waals surface area (Å²) in [7, 11) is 0. The summed E-state index contributed by atoms with van der Waals surface area (Å²) in [6.07, 6.45) is 4.02. The van der Waals surface area contributed by atoms with E-state index in [1.807, 2.05) is 6.92 Å². The van der Waals surface area contributed by atoms with Crippen LogP contribution < -0.4 is 0 Å². The number of carbonyl (C=O) groups is 1. The van der Waals surface area contributed by atoms with Crippen molar-refractivity contribution < 1.29 is 15.0 Å². The van der Waals surface area contributed by atoms with E-state index in [1.54, 1.807) is 0 Å². The molecule has 0 unspecified atom stereocenters. The summed E-state index contributed by atoms with van der Waals surface area (Å²) in [4.78, 5) is 10.3. The summed E-state index contributed by atoms with van der Waals surface area (Å²) in [6.45, 7) is 2.04. The van der Waals surface area contributed by atoms with Gasteiger partial charge in [-0.05, 0) is 12.8 Å². The highest BCUT2D eigenvalue weighted by Gasteiger charge is 2.05. The van der Waals surface area contributed by atoms with Gasteiger partial charge in [-0.25, -0.2) is 4.79 Å². The van der Waals surface area contributed by atoms with Crippen molar-refractivity contribution in [2.45, 2.75) is 32.6 Å². The maximum absolute atomic E-state index is 10.3. The average molecular weight is 158 g/mol. The van der Waals surface area contributed by atoms with Gasteiger partial charge in [0.15, 0.2) is 0 Å². The molecule has 0 saturated carbocycles. The van der Waals surface area contributed by atoms with Crippen molar-refractivity contribution in [3.05, 3.63) is 11.8 Å². The number of aliphatic carboxylic acids is 1. The van der Waals surface area contributed by atoms with Crippen LogP contribution >= 0.6 is 0 Å². The Morgan fingerprint density at radius 1 is 1.45 bits per heavy atom. The summed E-state index contributed by atoms with van der Waals surface area (Å²) >= 11 is 0. The molecular weight excluding hydrogens is 144 g/mol. The Bertz CT molecular complexity index is 149. The molecule has 0 saturated heterocycles. The lowest BCUT2D eigenvalue weighted by molar-refractivity contribution is -0.132. The first-order valence-electron chi connectivity index (χ1n) is 3.79. The predicted octanol–water partition coefficient (Wildman–Crippen LogP) is 2.09. The Morgan fingerprint density at radius 3 is 2.45 bits per heavy atom. The molecule has 0 aromatic heterocycles. The van der Waals surface area contributed by atoms with Crippen LogP contribution in [-0.4, -0.2) is 16.2 Å². The van der Waals surface area contributed by atoms with Gasteiger partial charge in [-0.15, -0.1) is 0 Å². The number of aliphatic hydroxyl groups is 1. The standard InChI is InChI=1S/C8H14O3/c1-2-3-4-5-7(6-9)8(10)11/h6,9H,2-5H2,1H3,(H,10,11). The second-order valence-electron chi connectivity index (χ2n) is 2.42. The fraction of sp³-hybridized carbons (Fsp3) is 0.625. The molecule has 0 aromatic rings. The first kappa shape index (κ1) is 10.0. The first-order chi connectivity index (χ1) is 5.22. The van der Waals surface area contributed by atoms with Crippen LogP contribution in [0.4, 0.5) is 0 Å². The molecule has 2 N–H and O–H groups in total. The third-order valence-corrected chi connectivity index (χ3v) is 1.48. The number of unbranched alkanes of at least 4 members (excludes halogenated alkanes) is 2. The topological polar surface area (TPSA) is 57.5 Å². The normalized spacial score (nSPS) is 11.5. The maximum atomic E-state index is 10.3. The number of carboxylic acid groups (broad SMARTS) is 1. The van der Waals surface area contributed by atoms with Crippen molar-refractivity contribution in [1.29, 1.82) is 0 Å². The molecule has 0 rings (SSSR count). The van der Waals surface area contributed by atoms with Gasteiger partial charge in [0.05, 0.1) is 11.8 Å². The zero-order chi connectivity index (χ0) is 8.69. The zero-order valence-electron chi connectivity index (χ0n) is 6.71. The van der Waals surface area contributed by atoms with Gasteiger partial charge in [0.1, 0.15) is 0 Å². The minimum absolute atomic E-state index is 0.0958. The molecule has 0 aromatic carbocycles. The molecule has 0 atom stereocenters. The van der Waals surface area contributed by atoms with Crippen LogP contribution in [0, 0.1) is 0 Å². The molecule has 3 nitrogen and oxygen atoms in total. The Hall–Kier alpha value is -0.990. The summed E-state index contributed by atoms with van der Waals surface area (Å²) < 4.78 is 0. The van der Waals surface area contributed by atoms with Gasteiger partial charge in [0.2, 0.25) is 0 Å². The van der Waals surface area contributed by atoms with Gasteiger partial charge < -0.3 is 10.2 Å². The molecule has 11 heavy (non-hydrogen) atoms. The van der Waals surface area contributed by atoms with Crippen LogP contribution in [0.25, 0.3) is 0 Å². The van der Waals surface area contributed by atoms with Crippen molar-refractivity contribution >= 4 is 5.97 Å². The smallest absolute Gasteiger partial charge is 0.334 e. The van der Waals surface area contributed by atoms with Gasteiger partial charge in [0, 0.05) is 0 Å². The molecule has 0 radical (unpaired) electrons. The summed E-state index contributed by atoms with van der Waals surface area (Å²) in [5, 5.41) is 16.9. The van der Waals surface area contributed by atoms with E-state index in [2.05, 4.69) is 0 Å². The molecule has 3 heteroatoms.